The minimum Gasteiger partial charge on any atom is -0.388 e. The first-order valence-corrected chi connectivity index (χ1v) is 7.60. The Morgan fingerprint density at radius 1 is 1.00 bits per heavy atom. The van der Waals surface area contributed by atoms with Gasteiger partial charge in [0.2, 0.25) is 0 Å². The lowest BCUT2D eigenvalue weighted by atomic mass is 9.84. The van der Waals surface area contributed by atoms with Gasteiger partial charge in [-0.15, -0.1) is 0 Å². The largest absolute Gasteiger partial charge is 0.388 e. The monoisotopic (exact) mass is 292 g/mol. The van der Waals surface area contributed by atoms with Crippen LogP contribution in [0.25, 0.3) is 0 Å². The van der Waals surface area contributed by atoms with E-state index in [4.69, 9.17) is 9.47 Å². The number of hydrogen-bond acceptors (Lipinski definition) is 3. The molecule has 0 bridgehead atoms. The molecule has 1 aromatic carbocycles. The Labute approximate surface area is 128 Å². The van der Waals surface area contributed by atoms with Gasteiger partial charge in [0.25, 0.3) is 0 Å². The molecule has 118 valence electrons. The molecule has 1 N–H and O–H groups in total. The van der Waals surface area contributed by atoms with E-state index in [9.17, 15) is 5.11 Å². The maximum atomic E-state index is 10.3. The number of ether oxygens (including phenoxy) is 2. The van der Waals surface area contributed by atoms with Crippen LogP contribution >= 0.6 is 0 Å². The molecule has 3 nitrogen and oxygen atoms in total. The summed E-state index contributed by atoms with van der Waals surface area (Å²) in [5, 5.41) is 10.3. The molecule has 3 heteroatoms. The Morgan fingerprint density at radius 3 is 1.90 bits per heavy atom. The topological polar surface area (TPSA) is 38.7 Å². The normalized spacial score (nSPS) is 22.8. The lowest BCUT2D eigenvalue weighted by molar-refractivity contribution is -0.298. The van der Waals surface area contributed by atoms with E-state index in [1.54, 1.807) is 0 Å². The van der Waals surface area contributed by atoms with E-state index in [0.717, 1.165) is 11.1 Å². The molecule has 1 heterocycles. The van der Waals surface area contributed by atoms with Crippen molar-refractivity contribution < 1.29 is 14.6 Å². The van der Waals surface area contributed by atoms with Crippen molar-refractivity contribution in [3.8, 4) is 0 Å². The third-order valence-electron chi connectivity index (χ3n) is 4.05. The second-order valence-electron chi connectivity index (χ2n) is 8.08. The van der Waals surface area contributed by atoms with E-state index in [0.29, 0.717) is 13.2 Å². The van der Waals surface area contributed by atoms with Crippen molar-refractivity contribution in [1.82, 2.24) is 0 Å². The van der Waals surface area contributed by atoms with Crippen LogP contribution in [0.1, 0.15) is 58.8 Å². The van der Waals surface area contributed by atoms with Gasteiger partial charge in [0.1, 0.15) is 0 Å². The van der Waals surface area contributed by atoms with Crippen molar-refractivity contribution in [2.45, 2.75) is 53.4 Å². The Balaban J connectivity index is 2.16. The minimum atomic E-state index is -0.694. The Hall–Kier alpha value is -0.900. The van der Waals surface area contributed by atoms with E-state index >= 15 is 0 Å². The summed E-state index contributed by atoms with van der Waals surface area (Å²) in [6.45, 7) is 13.7. The standard InChI is InChI=1S/C18H28O3/c1-16(2,3)15(19)13-7-9-14(10-8-13)18(6)20-11-17(4,5)12-21-18/h7-10,15,19H,11-12H2,1-6H3. The molecule has 0 saturated carbocycles. The highest BCUT2D eigenvalue weighted by Gasteiger charge is 2.38. The van der Waals surface area contributed by atoms with Gasteiger partial charge in [-0.2, -0.15) is 0 Å². The summed E-state index contributed by atoms with van der Waals surface area (Å²) < 4.78 is 11.9. The lowest BCUT2D eigenvalue weighted by Gasteiger charge is -2.41. The highest BCUT2D eigenvalue weighted by atomic mass is 16.7. The SMILES string of the molecule is CC1(C)COC(C)(c2ccc(C(O)C(C)(C)C)cc2)OC1. The second kappa shape index (κ2) is 5.38. The first-order chi connectivity index (χ1) is 9.54. The predicted molar refractivity (Wildman–Crippen MR) is 83.9 cm³/mol. The smallest absolute Gasteiger partial charge is 0.191 e. The number of rotatable bonds is 2. The molecule has 1 aliphatic heterocycles. The molecular weight excluding hydrogens is 264 g/mol. The molecule has 1 aliphatic rings. The maximum Gasteiger partial charge on any atom is 0.191 e. The molecule has 1 unspecified atom stereocenters. The first-order valence-electron chi connectivity index (χ1n) is 7.60. The van der Waals surface area contributed by atoms with E-state index < -0.39 is 11.9 Å². The van der Waals surface area contributed by atoms with Gasteiger partial charge < -0.3 is 14.6 Å². The fourth-order valence-electron chi connectivity index (χ4n) is 2.38. The number of benzene rings is 1. The third-order valence-corrected chi connectivity index (χ3v) is 4.05. The molecule has 21 heavy (non-hydrogen) atoms. The molecule has 0 aromatic heterocycles. The van der Waals surface area contributed by atoms with Gasteiger partial charge in [0, 0.05) is 11.0 Å². The van der Waals surface area contributed by atoms with Crippen LogP contribution in [-0.2, 0) is 15.3 Å². The van der Waals surface area contributed by atoms with Crippen LogP contribution in [0.2, 0.25) is 0 Å². The summed E-state index contributed by atoms with van der Waals surface area (Å²) in [4.78, 5) is 0. The molecule has 0 spiro atoms. The van der Waals surface area contributed by atoms with Crippen LogP contribution in [0.3, 0.4) is 0 Å². The zero-order chi connectivity index (χ0) is 15.9. The van der Waals surface area contributed by atoms with E-state index in [2.05, 4.69) is 13.8 Å². The van der Waals surface area contributed by atoms with Crippen molar-refractivity contribution in [3.05, 3.63) is 35.4 Å². The summed E-state index contributed by atoms with van der Waals surface area (Å²) in [5.41, 5.74) is 1.80. The van der Waals surface area contributed by atoms with Gasteiger partial charge in [-0.05, 0) is 17.9 Å². The maximum absolute atomic E-state index is 10.3. The molecule has 1 aromatic rings. The highest BCUT2D eigenvalue weighted by Crippen LogP contribution is 2.37. The number of hydrogen-bond donors (Lipinski definition) is 1. The quantitative estimate of drug-likeness (QED) is 0.895. The van der Waals surface area contributed by atoms with Crippen LogP contribution in [0, 0.1) is 10.8 Å². The summed E-state index contributed by atoms with van der Waals surface area (Å²) in [6, 6.07) is 7.90. The number of aliphatic hydroxyl groups excluding tert-OH is 1. The van der Waals surface area contributed by atoms with E-state index in [1.165, 1.54) is 0 Å². The summed E-state index contributed by atoms with van der Waals surface area (Å²) >= 11 is 0. The summed E-state index contributed by atoms with van der Waals surface area (Å²) in [5.74, 6) is -0.694. The second-order valence-corrected chi connectivity index (χ2v) is 8.08. The van der Waals surface area contributed by atoms with Gasteiger partial charge in [-0.1, -0.05) is 58.9 Å². The van der Waals surface area contributed by atoms with Crippen molar-refractivity contribution >= 4 is 0 Å². The Bertz CT molecular complexity index is 472. The zero-order valence-corrected chi connectivity index (χ0v) is 14.1. The van der Waals surface area contributed by atoms with Crippen molar-refractivity contribution in [1.29, 1.82) is 0 Å². The predicted octanol–water partition coefficient (Wildman–Crippen LogP) is 4.01. The highest BCUT2D eigenvalue weighted by molar-refractivity contribution is 5.28. The molecular formula is C18H28O3. The molecule has 0 aliphatic carbocycles. The van der Waals surface area contributed by atoms with Crippen molar-refractivity contribution in [3.63, 3.8) is 0 Å². The zero-order valence-electron chi connectivity index (χ0n) is 14.1. The van der Waals surface area contributed by atoms with Crippen LogP contribution < -0.4 is 0 Å². The fourth-order valence-corrected chi connectivity index (χ4v) is 2.38. The minimum absolute atomic E-state index is 0.0574. The fraction of sp³-hybridized carbons (Fsp3) is 0.667. The van der Waals surface area contributed by atoms with Crippen LogP contribution in [-0.4, -0.2) is 18.3 Å². The third kappa shape index (κ3) is 3.65. The average Bonchev–Trinajstić information content (AvgIpc) is 2.41. The van der Waals surface area contributed by atoms with Gasteiger partial charge in [0.15, 0.2) is 5.79 Å². The van der Waals surface area contributed by atoms with Crippen molar-refractivity contribution in [2.75, 3.05) is 13.2 Å². The van der Waals surface area contributed by atoms with Crippen molar-refractivity contribution in [2.24, 2.45) is 10.8 Å². The Kier molecular flexibility index (Phi) is 4.22. The average molecular weight is 292 g/mol. The summed E-state index contributed by atoms with van der Waals surface area (Å²) in [6.07, 6.45) is -0.480. The number of aliphatic hydroxyl groups is 1. The van der Waals surface area contributed by atoms with Gasteiger partial charge >= 0.3 is 0 Å². The van der Waals surface area contributed by atoms with E-state index in [1.807, 2.05) is 52.0 Å². The molecule has 0 radical (unpaired) electrons. The van der Waals surface area contributed by atoms with Gasteiger partial charge in [0.05, 0.1) is 19.3 Å². The van der Waals surface area contributed by atoms with Crippen LogP contribution in [0.5, 0.6) is 0 Å². The molecule has 1 atom stereocenters. The molecule has 2 rings (SSSR count). The van der Waals surface area contributed by atoms with Gasteiger partial charge in [-0.25, -0.2) is 0 Å². The molecule has 0 amide bonds. The van der Waals surface area contributed by atoms with Crippen LogP contribution in [0.4, 0.5) is 0 Å². The first kappa shape index (κ1) is 16.5. The van der Waals surface area contributed by atoms with E-state index in [-0.39, 0.29) is 10.8 Å². The summed E-state index contributed by atoms with van der Waals surface area (Å²) in [7, 11) is 0. The molecule has 1 fully saturated rings. The van der Waals surface area contributed by atoms with Crippen LogP contribution in [0.15, 0.2) is 24.3 Å². The molecule has 1 saturated heterocycles. The Morgan fingerprint density at radius 2 is 1.48 bits per heavy atom. The lowest BCUT2D eigenvalue weighted by Crippen LogP contribution is -2.43. The van der Waals surface area contributed by atoms with Gasteiger partial charge in [-0.3, -0.25) is 0 Å².